The summed E-state index contributed by atoms with van der Waals surface area (Å²) in [6.07, 6.45) is 5.57. The summed E-state index contributed by atoms with van der Waals surface area (Å²) in [4.78, 5) is 10.9. The fraction of sp³-hybridized carbons (Fsp3) is 0.200. The monoisotopic (exact) mass is 303 g/mol. The summed E-state index contributed by atoms with van der Waals surface area (Å²) in [6, 6.07) is 19.1. The third-order valence-electron chi connectivity index (χ3n) is 4.17. The first kappa shape index (κ1) is 15.4. The molecule has 0 fully saturated rings. The standard InChI is InChI=1S/C20H21N3/c1-16(19-6-5-12-21-14-19)23(2)15-17-8-10-18(11-9-17)20-7-3-4-13-22-20/h3-14,16H,15H2,1-2H3/t16-/m1/s1. The molecule has 0 N–H and O–H groups in total. The largest absolute Gasteiger partial charge is 0.295 e. The SMILES string of the molecule is C[C@H](c1cccnc1)N(C)Cc1ccc(-c2ccccn2)cc1. The zero-order chi connectivity index (χ0) is 16.1. The van der Waals surface area contributed by atoms with Gasteiger partial charge in [-0.3, -0.25) is 14.9 Å². The molecule has 1 atom stereocenters. The van der Waals surface area contributed by atoms with Gasteiger partial charge in [0.2, 0.25) is 0 Å². The molecule has 3 aromatic rings. The summed E-state index contributed by atoms with van der Waals surface area (Å²) in [5.74, 6) is 0. The van der Waals surface area contributed by atoms with Crippen LogP contribution in [-0.2, 0) is 6.54 Å². The minimum Gasteiger partial charge on any atom is -0.295 e. The van der Waals surface area contributed by atoms with Gasteiger partial charge in [0.25, 0.3) is 0 Å². The Hall–Kier alpha value is -2.52. The Kier molecular flexibility index (Phi) is 4.79. The second kappa shape index (κ2) is 7.16. The van der Waals surface area contributed by atoms with Crippen molar-refractivity contribution in [1.29, 1.82) is 0 Å². The Labute approximate surface area is 137 Å². The number of pyridine rings is 2. The molecule has 3 nitrogen and oxygen atoms in total. The van der Waals surface area contributed by atoms with Crippen LogP contribution in [0.1, 0.15) is 24.1 Å². The molecule has 0 aliphatic rings. The van der Waals surface area contributed by atoms with Crippen molar-refractivity contribution in [3.05, 3.63) is 84.3 Å². The predicted molar refractivity (Wildman–Crippen MR) is 93.8 cm³/mol. The topological polar surface area (TPSA) is 29.0 Å². The molecular weight excluding hydrogens is 282 g/mol. The fourth-order valence-corrected chi connectivity index (χ4v) is 2.62. The van der Waals surface area contributed by atoms with Gasteiger partial charge in [0.1, 0.15) is 0 Å². The van der Waals surface area contributed by atoms with Gasteiger partial charge in [-0.1, -0.05) is 36.4 Å². The van der Waals surface area contributed by atoms with E-state index in [0.29, 0.717) is 6.04 Å². The van der Waals surface area contributed by atoms with E-state index in [1.54, 1.807) is 0 Å². The molecule has 3 rings (SSSR count). The van der Waals surface area contributed by atoms with Gasteiger partial charge in [0.05, 0.1) is 5.69 Å². The van der Waals surface area contributed by atoms with Gasteiger partial charge in [-0.25, -0.2) is 0 Å². The average Bonchev–Trinajstić information content (AvgIpc) is 2.63. The molecule has 0 aliphatic heterocycles. The lowest BCUT2D eigenvalue weighted by Crippen LogP contribution is -2.21. The van der Waals surface area contributed by atoms with Gasteiger partial charge in [0, 0.05) is 36.7 Å². The van der Waals surface area contributed by atoms with E-state index >= 15 is 0 Å². The van der Waals surface area contributed by atoms with E-state index in [0.717, 1.165) is 17.8 Å². The highest BCUT2D eigenvalue weighted by Gasteiger charge is 2.12. The highest BCUT2D eigenvalue weighted by Crippen LogP contribution is 2.21. The van der Waals surface area contributed by atoms with Crippen molar-refractivity contribution in [3.63, 3.8) is 0 Å². The van der Waals surface area contributed by atoms with Crippen LogP contribution in [0.15, 0.2) is 73.2 Å². The minimum atomic E-state index is 0.333. The number of benzene rings is 1. The van der Waals surface area contributed by atoms with Gasteiger partial charge in [-0.2, -0.15) is 0 Å². The van der Waals surface area contributed by atoms with Gasteiger partial charge in [0.15, 0.2) is 0 Å². The van der Waals surface area contributed by atoms with Crippen LogP contribution in [0.2, 0.25) is 0 Å². The number of hydrogen-bond acceptors (Lipinski definition) is 3. The number of hydrogen-bond donors (Lipinski definition) is 0. The maximum Gasteiger partial charge on any atom is 0.0701 e. The van der Waals surface area contributed by atoms with Gasteiger partial charge < -0.3 is 0 Å². The molecule has 0 saturated carbocycles. The number of nitrogens with zero attached hydrogens (tertiary/aromatic N) is 3. The van der Waals surface area contributed by atoms with E-state index in [9.17, 15) is 0 Å². The summed E-state index contributed by atoms with van der Waals surface area (Å²) in [6.45, 7) is 3.11. The Morgan fingerprint density at radius 1 is 0.957 bits per heavy atom. The highest BCUT2D eigenvalue weighted by molar-refractivity contribution is 5.58. The van der Waals surface area contributed by atoms with E-state index in [-0.39, 0.29) is 0 Å². The lowest BCUT2D eigenvalue weighted by molar-refractivity contribution is 0.252. The van der Waals surface area contributed by atoms with Crippen LogP contribution >= 0.6 is 0 Å². The molecule has 0 radical (unpaired) electrons. The number of rotatable bonds is 5. The molecule has 23 heavy (non-hydrogen) atoms. The van der Waals surface area contributed by atoms with E-state index in [2.05, 4.69) is 59.2 Å². The van der Waals surface area contributed by atoms with Crippen molar-refractivity contribution < 1.29 is 0 Å². The van der Waals surface area contributed by atoms with Crippen LogP contribution in [0.4, 0.5) is 0 Å². The van der Waals surface area contributed by atoms with Crippen LogP contribution in [0, 0.1) is 0 Å². The Bertz CT molecular complexity index is 724. The molecule has 3 heteroatoms. The normalized spacial score (nSPS) is 12.3. The predicted octanol–water partition coefficient (Wildman–Crippen LogP) is 4.34. The molecular formula is C20H21N3. The minimum absolute atomic E-state index is 0.333. The first-order valence-corrected chi connectivity index (χ1v) is 7.84. The Balaban J connectivity index is 1.68. The molecule has 0 saturated heterocycles. The van der Waals surface area contributed by atoms with Crippen molar-refractivity contribution >= 4 is 0 Å². The maximum atomic E-state index is 4.39. The van der Waals surface area contributed by atoms with Crippen molar-refractivity contribution in [2.75, 3.05) is 7.05 Å². The average molecular weight is 303 g/mol. The smallest absolute Gasteiger partial charge is 0.0701 e. The zero-order valence-corrected chi connectivity index (χ0v) is 13.6. The number of aromatic nitrogens is 2. The summed E-state index contributed by atoms with van der Waals surface area (Å²) < 4.78 is 0. The summed E-state index contributed by atoms with van der Waals surface area (Å²) in [7, 11) is 2.14. The Morgan fingerprint density at radius 3 is 2.43 bits per heavy atom. The third-order valence-corrected chi connectivity index (χ3v) is 4.17. The van der Waals surface area contributed by atoms with Gasteiger partial charge in [-0.05, 0) is 43.3 Å². The summed E-state index contributed by atoms with van der Waals surface area (Å²) >= 11 is 0. The van der Waals surface area contributed by atoms with Crippen LogP contribution in [0.5, 0.6) is 0 Å². The van der Waals surface area contributed by atoms with Crippen molar-refractivity contribution in [1.82, 2.24) is 14.9 Å². The summed E-state index contributed by atoms with van der Waals surface area (Å²) in [5, 5.41) is 0. The molecule has 1 aromatic carbocycles. The fourth-order valence-electron chi connectivity index (χ4n) is 2.62. The molecule has 2 heterocycles. The zero-order valence-electron chi connectivity index (χ0n) is 13.6. The molecule has 0 unspecified atom stereocenters. The van der Waals surface area contributed by atoms with E-state index in [1.807, 2.05) is 42.9 Å². The van der Waals surface area contributed by atoms with E-state index in [1.165, 1.54) is 11.1 Å². The van der Waals surface area contributed by atoms with E-state index in [4.69, 9.17) is 0 Å². The van der Waals surface area contributed by atoms with Crippen LogP contribution in [-0.4, -0.2) is 21.9 Å². The molecule has 116 valence electrons. The van der Waals surface area contributed by atoms with Crippen molar-refractivity contribution in [2.45, 2.75) is 19.5 Å². The summed E-state index contributed by atoms with van der Waals surface area (Å²) in [5.41, 5.74) is 4.69. The quantitative estimate of drug-likeness (QED) is 0.702. The maximum absolute atomic E-state index is 4.39. The molecule has 0 aliphatic carbocycles. The molecule has 2 aromatic heterocycles. The lowest BCUT2D eigenvalue weighted by Gasteiger charge is -2.25. The van der Waals surface area contributed by atoms with Crippen LogP contribution in [0.3, 0.4) is 0 Å². The first-order chi connectivity index (χ1) is 11.2. The third kappa shape index (κ3) is 3.82. The molecule has 0 bridgehead atoms. The van der Waals surface area contributed by atoms with Gasteiger partial charge in [-0.15, -0.1) is 0 Å². The highest BCUT2D eigenvalue weighted by atomic mass is 15.1. The second-order valence-corrected chi connectivity index (χ2v) is 5.79. The van der Waals surface area contributed by atoms with Crippen LogP contribution in [0.25, 0.3) is 11.3 Å². The molecule has 0 amide bonds. The first-order valence-electron chi connectivity index (χ1n) is 7.84. The van der Waals surface area contributed by atoms with Crippen molar-refractivity contribution in [3.8, 4) is 11.3 Å². The van der Waals surface area contributed by atoms with Gasteiger partial charge >= 0.3 is 0 Å². The van der Waals surface area contributed by atoms with E-state index < -0.39 is 0 Å². The second-order valence-electron chi connectivity index (χ2n) is 5.79. The van der Waals surface area contributed by atoms with Crippen LogP contribution < -0.4 is 0 Å². The molecule has 0 spiro atoms. The van der Waals surface area contributed by atoms with Crippen molar-refractivity contribution in [2.24, 2.45) is 0 Å². The Morgan fingerprint density at radius 2 is 1.78 bits per heavy atom. The lowest BCUT2D eigenvalue weighted by atomic mass is 10.1.